The van der Waals surface area contributed by atoms with Gasteiger partial charge in [-0.05, 0) is 55.2 Å². The van der Waals surface area contributed by atoms with Gasteiger partial charge in [-0.1, -0.05) is 57.2 Å². The summed E-state index contributed by atoms with van der Waals surface area (Å²) in [7, 11) is -2.41. The van der Waals surface area contributed by atoms with Crippen molar-refractivity contribution in [3.63, 3.8) is 0 Å². The van der Waals surface area contributed by atoms with Crippen LogP contribution in [0.2, 0.25) is 18.1 Å². The lowest BCUT2D eigenvalue weighted by Crippen LogP contribution is -2.42. The molecule has 0 aliphatic rings. The van der Waals surface area contributed by atoms with Crippen LogP contribution in [0.25, 0.3) is 0 Å². The van der Waals surface area contributed by atoms with E-state index in [4.69, 9.17) is 9.16 Å². The number of benzene rings is 2. The maximum atomic E-state index is 13.3. The fourth-order valence-corrected chi connectivity index (χ4v) is 4.45. The fraction of sp³-hybridized carbons (Fsp3) is 0.387. The average Bonchev–Trinajstić information content (AvgIpc) is 2.96. The second-order valence-electron chi connectivity index (χ2n) is 11.6. The minimum Gasteiger partial charge on any atom is -0.515 e. The molecule has 13 heteroatoms. The van der Waals surface area contributed by atoms with Crippen molar-refractivity contribution in [2.75, 3.05) is 35.6 Å². The minimum absolute atomic E-state index is 0.174. The number of nitrogens with one attached hydrogen (secondary N) is 5. The molecule has 3 rings (SSSR count). The number of aromatic nitrogens is 2. The second-order valence-corrected chi connectivity index (χ2v) is 16.3. The number of carbonyl (C=O) groups is 3. The van der Waals surface area contributed by atoms with Crippen molar-refractivity contribution in [3.8, 4) is 0 Å². The number of amides is 3. The number of hydrogen-bond acceptors (Lipinski definition) is 9. The first-order valence-corrected chi connectivity index (χ1v) is 17.5. The summed E-state index contributed by atoms with van der Waals surface area (Å²) in [6.07, 6.45) is 1.46. The molecular weight excluding hydrogens is 578 g/mol. The normalized spacial score (nSPS) is 11.2. The number of ether oxygens (including phenoxy) is 1. The molecule has 0 saturated carbocycles. The Balaban J connectivity index is 1.67. The Kier molecular flexibility index (Phi) is 12.1. The molecule has 0 fully saturated rings. The van der Waals surface area contributed by atoms with Gasteiger partial charge in [0.25, 0.3) is 8.32 Å². The van der Waals surface area contributed by atoms with E-state index in [2.05, 4.69) is 57.3 Å². The van der Waals surface area contributed by atoms with Crippen LogP contribution in [0.4, 0.5) is 32.7 Å². The standard InChI is InChI=1S/C31H43N7O5Si/c1-7-32-29(40)37-24-16-11-15-23(19-24)36-28-35-20-25(27(39)43-44(5,6)31(2,3)4)26(38-28)33-17-12-18-34-30(41)42-21-22-13-9-8-10-14-22/h8-11,13-16,19-20H,7,12,17-18,21H2,1-6H3,(H,34,41)(H2,32,37,40)(H2,33,35,36,38). The molecule has 5 N–H and O–H groups in total. The highest BCUT2D eigenvalue weighted by Crippen LogP contribution is 2.37. The molecule has 12 nitrogen and oxygen atoms in total. The van der Waals surface area contributed by atoms with Crippen LogP contribution >= 0.6 is 0 Å². The van der Waals surface area contributed by atoms with E-state index in [9.17, 15) is 14.4 Å². The summed E-state index contributed by atoms with van der Waals surface area (Å²) in [6, 6.07) is 16.2. The summed E-state index contributed by atoms with van der Waals surface area (Å²) in [5.41, 5.74) is 2.34. The van der Waals surface area contributed by atoms with Crippen LogP contribution in [0, 0.1) is 0 Å². The lowest BCUT2D eigenvalue weighted by atomic mass is 10.2. The highest BCUT2D eigenvalue weighted by molar-refractivity contribution is 6.75. The first-order chi connectivity index (χ1) is 20.9. The molecule has 3 amide bonds. The lowest BCUT2D eigenvalue weighted by Gasteiger charge is -2.35. The molecule has 0 aliphatic carbocycles. The number of alkyl carbamates (subject to hydrolysis) is 1. The zero-order valence-corrected chi connectivity index (χ0v) is 27.2. The van der Waals surface area contributed by atoms with Gasteiger partial charge < -0.3 is 35.7 Å². The molecule has 2 aromatic carbocycles. The Labute approximate surface area is 259 Å². The van der Waals surface area contributed by atoms with Crippen molar-refractivity contribution in [1.82, 2.24) is 20.6 Å². The van der Waals surface area contributed by atoms with Gasteiger partial charge in [-0.15, -0.1) is 0 Å². The number of rotatable bonds is 13. The van der Waals surface area contributed by atoms with Crippen LogP contribution in [-0.2, 0) is 15.8 Å². The molecule has 1 aromatic heterocycles. The fourth-order valence-electron chi connectivity index (χ4n) is 3.57. The van der Waals surface area contributed by atoms with Gasteiger partial charge in [-0.25, -0.2) is 19.4 Å². The van der Waals surface area contributed by atoms with E-state index >= 15 is 0 Å². The van der Waals surface area contributed by atoms with Crippen molar-refractivity contribution in [2.24, 2.45) is 0 Å². The number of carbonyl (C=O) groups excluding carboxylic acids is 3. The van der Waals surface area contributed by atoms with Gasteiger partial charge in [0.2, 0.25) is 5.95 Å². The van der Waals surface area contributed by atoms with Gasteiger partial charge in [0, 0.05) is 37.2 Å². The van der Waals surface area contributed by atoms with Crippen LogP contribution in [0.15, 0.2) is 60.8 Å². The summed E-state index contributed by atoms with van der Waals surface area (Å²) in [5.74, 6) is 0.0463. The van der Waals surface area contributed by atoms with E-state index in [1.54, 1.807) is 18.2 Å². The zero-order chi connectivity index (χ0) is 32.2. The Hall–Kier alpha value is -4.65. The van der Waals surface area contributed by atoms with Crippen LogP contribution in [0.1, 0.15) is 50.0 Å². The molecule has 44 heavy (non-hydrogen) atoms. The van der Waals surface area contributed by atoms with Crippen molar-refractivity contribution < 1.29 is 23.5 Å². The number of hydrogen-bond donors (Lipinski definition) is 5. The maximum absolute atomic E-state index is 13.3. The molecule has 0 unspecified atom stereocenters. The lowest BCUT2D eigenvalue weighted by molar-refractivity contribution is 0.0712. The quantitative estimate of drug-likeness (QED) is 0.110. The molecular formula is C31H43N7O5Si. The molecule has 0 radical (unpaired) electrons. The first kappa shape index (κ1) is 33.8. The van der Waals surface area contributed by atoms with E-state index in [0.717, 1.165) is 5.56 Å². The predicted molar refractivity (Wildman–Crippen MR) is 175 cm³/mol. The third-order valence-corrected chi connectivity index (χ3v) is 11.3. The molecule has 0 atom stereocenters. The van der Waals surface area contributed by atoms with Gasteiger partial charge >= 0.3 is 18.1 Å². The van der Waals surface area contributed by atoms with Gasteiger partial charge in [0.15, 0.2) is 0 Å². The van der Waals surface area contributed by atoms with Gasteiger partial charge in [0.1, 0.15) is 18.0 Å². The highest BCUT2D eigenvalue weighted by atomic mass is 28.4. The average molecular weight is 622 g/mol. The molecule has 0 saturated heterocycles. The topological polar surface area (TPSA) is 156 Å². The van der Waals surface area contributed by atoms with Crippen LogP contribution in [0.5, 0.6) is 0 Å². The van der Waals surface area contributed by atoms with Gasteiger partial charge in [0.05, 0.1) is 0 Å². The highest BCUT2D eigenvalue weighted by Gasteiger charge is 2.41. The summed E-state index contributed by atoms with van der Waals surface area (Å²) >= 11 is 0. The third-order valence-electron chi connectivity index (χ3n) is 7.00. The molecule has 0 spiro atoms. The van der Waals surface area contributed by atoms with E-state index in [1.165, 1.54) is 6.20 Å². The van der Waals surface area contributed by atoms with E-state index < -0.39 is 20.4 Å². The zero-order valence-electron chi connectivity index (χ0n) is 26.2. The summed E-state index contributed by atoms with van der Waals surface area (Å²) in [6.45, 7) is 13.5. The van der Waals surface area contributed by atoms with Gasteiger partial charge in [-0.2, -0.15) is 4.98 Å². The monoisotopic (exact) mass is 621 g/mol. The Bertz CT molecular complexity index is 1410. The van der Waals surface area contributed by atoms with Crippen molar-refractivity contribution in [3.05, 3.63) is 71.9 Å². The van der Waals surface area contributed by atoms with Gasteiger partial charge in [-0.3, -0.25) is 0 Å². The Morgan fingerprint density at radius 1 is 0.932 bits per heavy atom. The SMILES string of the molecule is CCNC(=O)Nc1cccc(Nc2ncc(C(=O)O[Si](C)(C)C(C)(C)C)c(NCCCNC(=O)OCc3ccccc3)n2)c1. The number of nitrogens with zero attached hydrogens (tertiary/aromatic N) is 2. The molecule has 3 aromatic rings. The van der Waals surface area contributed by atoms with Crippen molar-refractivity contribution >= 4 is 49.6 Å². The summed E-state index contributed by atoms with van der Waals surface area (Å²) < 4.78 is 11.3. The summed E-state index contributed by atoms with van der Waals surface area (Å²) in [4.78, 5) is 46.2. The third kappa shape index (κ3) is 10.6. The van der Waals surface area contributed by atoms with E-state index in [-0.39, 0.29) is 29.2 Å². The Morgan fingerprint density at radius 2 is 1.66 bits per heavy atom. The smallest absolute Gasteiger partial charge is 0.407 e. The second kappa shape index (κ2) is 15.7. The molecule has 0 bridgehead atoms. The van der Waals surface area contributed by atoms with E-state index in [0.29, 0.717) is 43.2 Å². The van der Waals surface area contributed by atoms with Crippen LogP contribution in [0.3, 0.4) is 0 Å². The molecule has 236 valence electrons. The van der Waals surface area contributed by atoms with Crippen molar-refractivity contribution in [2.45, 2.75) is 58.9 Å². The first-order valence-electron chi connectivity index (χ1n) is 14.6. The predicted octanol–water partition coefficient (Wildman–Crippen LogP) is 6.25. The van der Waals surface area contributed by atoms with Crippen LogP contribution < -0.4 is 26.6 Å². The van der Waals surface area contributed by atoms with Crippen molar-refractivity contribution in [1.29, 1.82) is 0 Å². The molecule has 1 heterocycles. The number of urea groups is 1. The largest absolute Gasteiger partial charge is 0.515 e. The molecule has 0 aliphatic heterocycles. The Morgan fingerprint density at radius 3 is 2.36 bits per heavy atom. The summed E-state index contributed by atoms with van der Waals surface area (Å²) in [5, 5.41) is 14.3. The maximum Gasteiger partial charge on any atom is 0.407 e. The van der Waals surface area contributed by atoms with E-state index in [1.807, 2.05) is 56.4 Å². The minimum atomic E-state index is -2.41. The number of anilines is 4. The van der Waals surface area contributed by atoms with Crippen LogP contribution in [-0.4, -0.2) is 56.0 Å².